The normalized spacial score (nSPS) is 28.2. The van der Waals surface area contributed by atoms with Gasteiger partial charge in [0, 0.05) is 19.0 Å². The zero-order valence-electron chi connectivity index (χ0n) is 9.28. The van der Waals surface area contributed by atoms with Crippen LogP contribution in [0.15, 0.2) is 12.4 Å². The molecule has 2 N–H and O–H groups in total. The van der Waals surface area contributed by atoms with Crippen LogP contribution in [-0.2, 0) is 0 Å². The van der Waals surface area contributed by atoms with Crippen LogP contribution in [0.4, 0.5) is 14.7 Å². The van der Waals surface area contributed by atoms with Crippen LogP contribution < -0.4 is 10.6 Å². The number of hydrogen-bond donors (Lipinski definition) is 1. The van der Waals surface area contributed by atoms with Crippen LogP contribution in [0, 0.1) is 5.92 Å². The van der Waals surface area contributed by atoms with Crippen LogP contribution in [-0.4, -0.2) is 35.0 Å². The Balaban J connectivity index is 2.17. The first-order valence-corrected chi connectivity index (χ1v) is 5.65. The first-order valence-electron chi connectivity index (χ1n) is 5.27. The van der Waals surface area contributed by atoms with E-state index in [1.165, 1.54) is 19.3 Å². The lowest BCUT2D eigenvalue weighted by atomic mass is 9.92. The van der Waals surface area contributed by atoms with Crippen LogP contribution in [0.1, 0.15) is 6.92 Å². The lowest BCUT2D eigenvalue weighted by molar-refractivity contribution is -0.0808. The van der Waals surface area contributed by atoms with Crippen molar-refractivity contribution in [1.29, 1.82) is 0 Å². The minimum absolute atomic E-state index is 0.0406. The van der Waals surface area contributed by atoms with Gasteiger partial charge < -0.3 is 10.6 Å². The summed E-state index contributed by atoms with van der Waals surface area (Å²) in [6.45, 7) is 1.70. The van der Waals surface area contributed by atoms with Crippen LogP contribution in [0.2, 0.25) is 5.02 Å². The number of halogens is 3. The van der Waals surface area contributed by atoms with Gasteiger partial charge in [-0.15, -0.1) is 0 Å². The molecule has 7 heteroatoms. The van der Waals surface area contributed by atoms with E-state index in [4.69, 9.17) is 17.3 Å². The summed E-state index contributed by atoms with van der Waals surface area (Å²) in [6, 6.07) is -1.20. The van der Waals surface area contributed by atoms with Crippen molar-refractivity contribution in [1.82, 2.24) is 9.97 Å². The van der Waals surface area contributed by atoms with Crippen LogP contribution >= 0.6 is 11.6 Å². The van der Waals surface area contributed by atoms with E-state index in [0.717, 1.165) is 0 Å². The summed E-state index contributed by atoms with van der Waals surface area (Å²) >= 11 is 5.67. The molecule has 2 rings (SSSR count). The number of nitrogens with zero attached hydrogens (tertiary/aromatic N) is 3. The fraction of sp³-hybridized carbons (Fsp3) is 0.600. The molecule has 0 bridgehead atoms. The largest absolute Gasteiger partial charge is 0.339 e. The number of anilines is 1. The van der Waals surface area contributed by atoms with Crippen molar-refractivity contribution in [3.05, 3.63) is 17.4 Å². The lowest BCUT2D eigenvalue weighted by Gasteiger charge is -2.40. The molecule has 0 spiro atoms. The quantitative estimate of drug-likeness (QED) is 0.834. The predicted octanol–water partition coefficient (Wildman–Crippen LogP) is 1.55. The summed E-state index contributed by atoms with van der Waals surface area (Å²) in [5.74, 6) is -3.29. The molecule has 0 amide bonds. The van der Waals surface area contributed by atoms with Gasteiger partial charge in [-0.05, 0) is 0 Å². The zero-order chi connectivity index (χ0) is 12.6. The fourth-order valence-electron chi connectivity index (χ4n) is 1.88. The van der Waals surface area contributed by atoms with Gasteiger partial charge in [0.2, 0.25) is 5.95 Å². The molecule has 17 heavy (non-hydrogen) atoms. The molecular weight excluding hydrogens is 250 g/mol. The molecule has 0 saturated carbocycles. The van der Waals surface area contributed by atoms with Crippen LogP contribution in [0.25, 0.3) is 0 Å². The minimum Gasteiger partial charge on any atom is -0.339 e. The number of piperidine rings is 1. The van der Waals surface area contributed by atoms with Gasteiger partial charge in [0.1, 0.15) is 0 Å². The maximum absolute atomic E-state index is 13.5. The molecule has 2 heterocycles. The van der Waals surface area contributed by atoms with Crippen molar-refractivity contribution in [2.75, 3.05) is 18.0 Å². The SMILES string of the molecule is C[C@@H]1CN(c2ncc(Cl)cn2)C[C@H](N)C1(F)F. The Hall–Kier alpha value is -1.01. The first kappa shape index (κ1) is 12.4. The number of nitrogens with two attached hydrogens (primary N) is 1. The number of alkyl halides is 2. The third-order valence-electron chi connectivity index (χ3n) is 2.95. The average Bonchev–Trinajstić information content (AvgIpc) is 2.27. The van der Waals surface area contributed by atoms with Crippen molar-refractivity contribution in [3.8, 4) is 0 Å². The predicted molar refractivity (Wildman–Crippen MR) is 61.3 cm³/mol. The van der Waals surface area contributed by atoms with Crippen molar-refractivity contribution in [3.63, 3.8) is 0 Å². The molecule has 1 aliphatic rings. The second-order valence-electron chi connectivity index (χ2n) is 4.29. The number of hydrogen-bond acceptors (Lipinski definition) is 4. The molecule has 0 aromatic carbocycles. The van der Waals surface area contributed by atoms with Gasteiger partial charge in [-0.3, -0.25) is 0 Å². The maximum Gasteiger partial charge on any atom is 0.268 e. The Morgan fingerprint density at radius 3 is 2.53 bits per heavy atom. The molecule has 1 saturated heterocycles. The minimum atomic E-state index is -2.84. The summed E-state index contributed by atoms with van der Waals surface area (Å²) in [5.41, 5.74) is 5.49. The monoisotopic (exact) mass is 262 g/mol. The van der Waals surface area contributed by atoms with E-state index < -0.39 is 17.9 Å². The van der Waals surface area contributed by atoms with E-state index in [0.29, 0.717) is 11.0 Å². The van der Waals surface area contributed by atoms with Gasteiger partial charge in [-0.1, -0.05) is 18.5 Å². The molecule has 1 fully saturated rings. The molecule has 2 atom stereocenters. The van der Waals surface area contributed by atoms with Gasteiger partial charge in [-0.2, -0.15) is 0 Å². The van der Waals surface area contributed by atoms with Gasteiger partial charge in [-0.25, -0.2) is 18.7 Å². The second kappa shape index (κ2) is 4.34. The van der Waals surface area contributed by atoms with Gasteiger partial charge in [0.05, 0.1) is 23.5 Å². The third-order valence-corrected chi connectivity index (χ3v) is 3.15. The van der Waals surface area contributed by atoms with Gasteiger partial charge >= 0.3 is 0 Å². The van der Waals surface area contributed by atoms with Crippen molar-refractivity contribution < 1.29 is 8.78 Å². The highest BCUT2D eigenvalue weighted by Crippen LogP contribution is 2.33. The standard InChI is InChI=1S/C10H13ClF2N4/c1-6-4-17(5-8(14)10(6,12)13)9-15-2-7(11)3-16-9/h2-3,6,8H,4-5,14H2,1H3/t6-,8+/m1/s1. The van der Waals surface area contributed by atoms with Crippen LogP contribution in [0.5, 0.6) is 0 Å². The summed E-state index contributed by atoms with van der Waals surface area (Å²) in [7, 11) is 0. The molecule has 4 nitrogen and oxygen atoms in total. The molecule has 1 aromatic heterocycles. The first-order chi connectivity index (χ1) is 7.91. The van der Waals surface area contributed by atoms with E-state index in [9.17, 15) is 8.78 Å². The molecular formula is C10H13ClF2N4. The maximum atomic E-state index is 13.5. The summed E-state index contributed by atoms with van der Waals surface area (Å²) in [6.07, 6.45) is 2.87. The molecule has 0 unspecified atom stereocenters. The fourth-order valence-corrected chi connectivity index (χ4v) is 1.98. The van der Waals surface area contributed by atoms with E-state index in [1.54, 1.807) is 4.90 Å². The Bertz CT molecular complexity index is 384. The Labute approximate surface area is 103 Å². The highest BCUT2D eigenvalue weighted by Gasteiger charge is 2.48. The summed E-state index contributed by atoms with van der Waals surface area (Å²) in [5, 5.41) is 0.411. The Kier molecular flexibility index (Phi) is 3.18. The molecule has 1 aliphatic heterocycles. The Morgan fingerprint density at radius 1 is 1.41 bits per heavy atom. The molecule has 0 aliphatic carbocycles. The number of aromatic nitrogens is 2. The lowest BCUT2D eigenvalue weighted by Crippen LogP contribution is -2.60. The van der Waals surface area contributed by atoms with Crippen molar-refractivity contribution in [2.45, 2.75) is 18.9 Å². The van der Waals surface area contributed by atoms with Gasteiger partial charge in [0.25, 0.3) is 5.92 Å². The van der Waals surface area contributed by atoms with Crippen molar-refractivity contribution in [2.24, 2.45) is 11.7 Å². The molecule has 0 radical (unpaired) electrons. The topological polar surface area (TPSA) is 55.0 Å². The molecule has 1 aromatic rings. The second-order valence-corrected chi connectivity index (χ2v) is 4.72. The zero-order valence-corrected chi connectivity index (χ0v) is 10.0. The third kappa shape index (κ3) is 2.32. The number of rotatable bonds is 1. The highest BCUT2D eigenvalue weighted by atomic mass is 35.5. The van der Waals surface area contributed by atoms with Crippen LogP contribution in [0.3, 0.4) is 0 Å². The summed E-state index contributed by atoms with van der Waals surface area (Å²) < 4.78 is 27.1. The molecule has 94 valence electrons. The van der Waals surface area contributed by atoms with Gasteiger partial charge in [0.15, 0.2) is 0 Å². The van der Waals surface area contributed by atoms with E-state index >= 15 is 0 Å². The van der Waals surface area contributed by atoms with E-state index in [2.05, 4.69) is 9.97 Å². The van der Waals surface area contributed by atoms with E-state index in [-0.39, 0.29) is 13.1 Å². The highest BCUT2D eigenvalue weighted by molar-refractivity contribution is 6.30. The summed E-state index contributed by atoms with van der Waals surface area (Å²) in [4.78, 5) is 9.66. The van der Waals surface area contributed by atoms with Crippen molar-refractivity contribution >= 4 is 17.5 Å². The van der Waals surface area contributed by atoms with E-state index in [1.807, 2.05) is 0 Å². The smallest absolute Gasteiger partial charge is 0.268 e. The average molecular weight is 263 g/mol. The Morgan fingerprint density at radius 2 is 2.00 bits per heavy atom.